The van der Waals surface area contributed by atoms with E-state index in [4.69, 9.17) is 9.47 Å². The summed E-state index contributed by atoms with van der Waals surface area (Å²) in [5.41, 5.74) is -0.00412. The average molecular weight is 258 g/mol. The lowest BCUT2D eigenvalue weighted by Gasteiger charge is -2.40. The van der Waals surface area contributed by atoms with Crippen molar-refractivity contribution in [2.75, 3.05) is 13.2 Å². The summed E-state index contributed by atoms with van der Waals surface area (Å²) < 4.78 is 12.0. The molecule has 1 saturated heterocycles. The largest absolute Gasteiger partial charge is 0.379 e. The lowest BCUT2D eigenvalue weighted by atomic mass is 10.0. The Bertz CT molecular complexity index is 215. The van der Waals surface area contributed by atoms with Crippen LogP contribution >= 0.6 is 0 Å². The summed E-state index contributed by atoms with van der Waals surface area (Å²) in [6.45, 7) is 13.1. The SMILES string of the molecule is C[SiH](C)C1(CCCOC(C)(C)C)CCCCO1. The first-order chi connectivity index (χ1) is 7.86. The van der Waals surface area contributed by atoms with Crippen LogP contribution in [0.5, 0.6) is 0 Å². The van der Waals surface area contributed by atoms with E-state index in [0.717, 1.165) is 19.6 Å². The Morgan fingerprint density at radius 2 is 1.94 bits per heavy atom. The highest BCUT2D eigenvalue weighted by Gasteiger charge is 2.36. The van der Waals surface area contributed by atoms with Crippen LogP contribution in [0.2, 0.25) is 13.1 Å². The summed E-state index contributed by atoms with van der Waals surface area (Å²) in [5.74, 6) is 0. The van der Waals surface area contributed by atoms with Crippen LogP contribution in [0.25, 0.3) is 0 Å². The highest BCUT2D eigenvalue weighted by atomic mass is 28.3. The predicted molar refractivity (Wildman–Crippen MR) is 76.4 cm³/mol. The summed E-state index contributed by atoms with van der Waals surface area (Å²) in [6, 6.07) is 0. The summed E-state index contributed by atoms with van der Waals surface area (Å²) in [7, 11) is -0.750. The Kier molecular flexibility index (Phi) is 5.67. The van der Waals surface area contributed by atoms with Gasteiger partial charge in [-0.05, 0) is 52.9 Å². The molecule has 1 aliphatic heterocycles. The van der Waals surface area contributed by atoms with Gasteiger partial charge in [-0.15, -0.1) is 0 Å². The van der Waals surface area contributed by atoms with E-state index in [9.17, 15) is 0 Å². The van der Waals surface area contributed by atoms with Gasteiger partial charge in [0.25, 0.3) is 0 Å². The van der Waals surface area contributed by atoms with Crippen LogP contribution in [0.3, 0.4) is 0 Å². The van der Waals surface area contributed by atoms with Crippen LogP contribution in [-0.2, 0) is 9.47 Å². The molecule has 102 valence electrons. The first-order valence-corrected chi connectivity index (χ1v) is 10.0. The van der Waals surface area contributed by atoms with Gasteiger partial charge in [0.05, 0.1) is 19.6 Å². The van der Waals surface area contributed by atoms with Crippen molar-refractivity contribution in [3.8, 4) is 0 Å². The molecule has 3 heteroatoms. The van der Waals surface area contributed by atoms with Crippen molar-refractivity contribution in [1.82, 2.24) is 0 Å². The molecule has 1 rings (SSSR count). The second-order valence-corrected chi connectivity index (χ2v) is 9.95. The fraction of sp³-hybridized carbons (Fsp3) is 1.00. The third-order valence-electron chi connectivity index (χ3n) is 3.72. The zero-order valence-corrected chi connectivity index (χ0v) is 13.5. The first kappa shape index (κ1) is 15.2. The Hall–Kier alpha value is 0.137. The maximum Gasteiger partial charge on any atom is 0.0695 e. The first-order valence-electron chi connectivity index (χ1n) is 7.14. The van der Waals surface area contributed by atoms with Gasteiger partial charge in [-0.2, -0.15) is 0 Å². The maximum atomic E-state index is 6.17. The van der Waals surface area contributed by atoms with E-state index in [1.807, 2.05) is 0 Å². The second kappa shape index (κ2) is 6.35. The predicted octanol–water partition coefficient (Wildman–Crippen LogP) is 3.55. The summed E-state index contributed by atoms with van der Waals surface area (Å²) in [6.07, 6.45) is 6.23. The normalized spacial score (nSPS) is 26.5. The summed E-state index contributed by atoms with van der Waals surface area (Å²) in [5, 5.41) is 0.263. The van der Waals surface area contributed by atoms with Gasteiger partial charge in [0, 0.05) is 13.2 Å². The number of hydrogen-bond donors (Lipinski definition) is 0. The molecular formula is C14H30O2Si. The maximum absolute atomic E-state index is 6.17. The average Bonchev–Trinajstić information content (AvgIpc) is 2.24. The molecule has 0 bridgehead atoms. The van der Waals surface area contributed by atoms with Crippen LogP contribution in [0.4, 0.5) is 0 Å². The van der Waals surface area contributed by atoms with Crippen molar-refractivity contribution in [2.24, 2.45) is 0 Å². The van der Waals surface area contributed by atoms with E-state index in [-0.39, 0.29) is 10.8 Å². The molecule has 0 radical (unpaired) electrons. The molecule has 0 saturated carbocycles. The zero-order valence-electron chi connectivity index (χ0n) is 12.3. The minimum atomic E-state index is -0.750. The molecule has 1 heterocycles. The molecule has 1 atom stereocenters. The van der Waals surface area contributed by atoms with Crippen LogP contribution in [-0.4, -0.2) is 32.8 Å². The summed E-state index contributed by atoms with van der Waals surface area (Å²) >= 11 is 0. The Balaban J connectivity index is 2.35. The smallest absolute Gasteiger partial charge is 0.0695 e. The van der Waals surface area contributed by atoms with Crippen LogP contribution < -0.4 is 0 Å². The van der Waals surface area contributed by atoms with E-state index < -0.39 is 8.80 Å². The van der Waals surface area contributed by atoms with Crippen molar-refractivity contribution in [1.29, 1.82) is 0 Å². The van der Waals surface area contributed by atoms with Gasteiger partial charge >= 0.3 is 0 Å². The van der Waals surface area contributed by atoms with Crippen molar-refractivity contribution >= 4 is 8.80 Å². The van der Waals surface area contributed by atoms with E-state index in [1.54, 1.807) is 0 Å². The molecule has 17 heavy (non-hydrogen) atoms. The van der Waals surface area contributed by atoms with E-state index in [0.29, 0.717) is 0 Å². The minimum Gasteiger partial charge on any atom is -0.379 e. The third kappa shape index (κ3) is 5.10. The lowest BCUT2D eigenvalue weighted by Crippen LogP contribution is -2.47. The molecular weight excluding hydrogens is 228 g/mol. The number of ether oxygens (including phenoxy) is 2. The standard InChI is InChI=1S/C14H30O2Si/c1-13(2,3)15-12-8-10-14(17(4)5)9-6-7-11-16-14/h17H,6-12H2,1-5H3. The van der Waals surface area contributed by atoms with Gasteiger partial charge in [-0.25, -0.2) is 0 Å². The van der Waals surface area contributed by atoms with Crippen LogP contribution in [0.15, 0.2) is 0 Å². The van der Waals surface area contributed by atoms with Gasteiger partial charge in [0.2, 0.25) is 0 Å². The van der Waals surface area contributed by atoms with Crippen molar-refractivity contribution in [3.05, 3.63) is 0 Å². The van der Waals surface area contributed by atoms with Gasteiger partial charge in [-0.1, -0.05) is 13.1 Å². The Morgan fingerprint density at radius 3 is 2.41 bits per heavy atom. The molecule has 1 fully saturated rings. The fourth-order valence-corrected chi connectivity index (χ4v) is 4.58. The topological polar surface area (TPSA) is 18.5 Å². The Morgan fingerprint density at radius 1 is 1.24 bits per heavy atom. The van der Waals surface area contributed by atoms with Crippen molar-refractivity contribution in [2.45, 2.75) is 76.8 Å². The third-order valence-corrected chi connectivity index (χ3v) is 6.56. The highest BCUT2D eigenvalue weighted by Crippen LogP contribution is 2.32. The van der Waals surface area contributed by atoms with Crippen molar-refractivity contribution in [3.63, 3.8) is 0 Å². The van der Waals surface area contributed by atoms with E-state index >= 15 is 0 Å². The fourth-order valence-electron chi connectivity index (χ4n) is 2.56. The van der Waals surface area contributed by atoms with Gasteiger partial charge in [0.15, 0.2) is 0 Å². The molecule has 0 aromatic heterocycles. The molecule has 2 nitrogen and oxygen atoms in total. The van der Waals surface area contributed by atoms with Gasteiger partial charge < -0.3 is 9.47 Å². The van der Waals surface area contributed by atoms with Gasteiger partial charge in [0.1, 0.15) is 0 Å². The monoisotopic (exact) mass is 258 g/mol. The number of hydrogen-bond acceptors (Lipinski definition) is 2. The molecule has 0 aliphatic carbocycles. The quantitative estimate of drug-likeness (QED) is 0.554. The minimum absolute atomic E-state index is 0.00412. The van der Waals surface area contributed by atoms with Crippen LogP contribution in [0, 0.1) is 0 Å². The number of rotatable bonds is 5. The second-order valence-electron chi connectivity index (χ2n) is 6.59. The molecule has 0 aromatic rings. The summed E-state index contributed by atoms with van der Waals surface area (Å²) in [4.78, 5) is 0. The highest BCUT2D eigenvalue weighted by molar-refractivity contribution is 6.59. The molecule has 0 amide bonds. The zero-order chi connectivity index (χ0) is 12.9. The molecule has 0 spiro atoms. The van der Waals surface area contributed by atoms with Gasteiger partial charge in [-0.3, -0.25) is 0 Å². The molecule has 0 N–H and O–H groups in total. The molecule has 0 aromatic carbocycles. The molecule has 1 unspecified atom stereocenters. The molecule has 1 aliphatic rings. The van der Waals surface area contributed by atoms with E-state index in [1.165, 1.54) is 25.7 Å². The Labute approximate surface area is 109 Å². The lowest BCUT2D eigenvalue weighted by molar-refractivity contribution is -0.0446. The van der Waals surface area contributed by atoms with Crippen LogP contribution in [0.1, 0.15) is 52.9 Å². The van der Waals surface area contributed by atoms with E-state index in [2.05, 4.69) is 33.9 Å². The van der Waals surface area contributed by atoms with Crippen molar-refractivity contribution < 1.29 is 9.47 Å².